The van der Waals surface area contributed by atoms with E-state index < -0.39 is 0 Å². The summed E-state index contributed by atoms with van der Waals surface area (Å²) in [5.41, 5.74) is 1.87. The molecule has 2 rings (SSSR count). The van der Waals surface area contributed by atoms with Gasteiger partial charge in [-0.1, -0.05) is 0 Å². The largest absolute Gasteiger partial charge is 0.325 e. The maximum absolute atomic E-state index is 13.9. The number of anilines is 1. The fourth-order valence-electron chi connectivity index (χ4n) is 2.38. The molecule has 0 bridgehead atoms. The Kier molecular flexibility index (Phi) is 3.95. The second-order valence-corrected chi connectivity index (χ2v) is 5.19. The summed E-state index contributed by atoms with van der Waals surface area (Å²) in [4.78, 5) is 24.1. The third-order valence-corrected chi connectivity index (χ3v) is 3.17. The monoisotopic (exact) mass is 264 g/mol. The van der Waals surface area contributed by atoms with Crippen molar-refractivity contribution in [1.29, 1.82) is 0 Å². The molecule has 0 aliphatic heterocycles. The van der Waals surface area contributed by atoms with Gasteiger partial charge in [-0.3, -0.25) is 4.79 Å². The first-order chi connectivity index (χ1) is 8.99. The van der Waals surface area contributed by atoms with E-state index in [1.807, 2.05) is 0 Å². The van der Waals surface area contributed by atoms with E-state index in [0.29, 0.717) is 24.1 Å². The van der Waals surface area contributed by atoms with E-state index >= 15 is 0 Å². The summed E-state index contributed by atoms with van der Waals surface area (Å²) in [6.45, 7) is 0.246. The summed E-state index contributed by atoms with van der Waals surface area (Å²) in [7, 11) is 3.58. The first-order valence-corrected chi connectivity index (χ1v) is 6.20. The lowest BCUT2D eigenvalue weighted by Crippen LogP contribution is -2.27. The van der Waals surface area contributed by atoms with E-state index in [1.54, 1.807) is 25.1 Å². The van der Waals surface area contributed by atoms with Crippen LogP contribution < -0.4 is 5.32 Å². The molecule has 0 fully saturated rings. The summed E-state index contributed by atoms with van der Waals surface area (Å²) in [5.74, 6) is -0.673. The van der Waals surface area contributed by atoms with Crippen LogP contribution >= 0.6 is 0 Å². The average Bonchev–Trinajstić information content (AvgIpc) is 2.71. The maximum atomic E-state index is 13.9. The predicted molar refractivity (Wildman–Crippen MR) is 70.5 cm³/mol. The Bertz CT molecular complexity index is 514. The Balaban J connectivity index is 2.15. The zero-order valence-electron chi connectivity index (χ0n) is 11.1. The van der Waals surface area contributed by atoms with Crippen LogP contribution in [-0.2, 0) is 22.4 Å². The molecule has 0 aromatic heterocycles. The van der Waals surface area contributed by atoms with Crippen molar-refractivity contribution in [2.24, 2.45) is 5.92 Å². The van der Waals surface area contributed by atoms with Crippen molar-refractivity contribution < 1.29 is 14.0 Å². The van der Waals surface area contributed by atoms with Crippen molar-refractivity contribution in [1.82, 2.24) is 4.90 Å². The number of rotatable bonds is 4. The van der Waals surface area contributed by atoms with Crippen LogP contribution in [0.15, 0.2) is 12.1 Å². The number of carbonyl (C=O) groups excluding carboxylic acids is 2. The van der Waals surface area contributed by atoms with Gasteiger partial charge in [0.15, 0.2) is 0 Å². The molecule has 1 aliphatic carbocycles. The summed E-state index contributed by atoms with van der Waals surface area (Å²) >= 11 is 0. The summed E-state index contributed by atoms with van der Waals surface area (Å²) in [5, 5.41) is 2.67. The molecule has 4 nitrogen and oxygen atoms in total. The molecule has 1 amide bonds. The van der Waals surface area contributed by atoms with Gasteiger partial charge in [-0.15, -0.1) is 0 Å². The van der Waals surface area contributed by atoms with E-state index in [4.69, 9.17) is 0 Å². The van der Waals surface area contributed by atoms with Crippen LogP contribution in [0.1, 0.15) is 11.1 Å². The van der Waals surface area contributed by atoms with E-state index in [2.05, 4.69) is 5.32 Å². The van der Waals surface area contributed by atoms with E-state index in [-0.39, 0.29) is 24.2 Å². The van der Waals surface area contributed by atoms with Crippen LogP contribution in [0.25, 0.3) is 0 Å². The normalized spacial score (nSPS) is 17.4. The smallest absolute Gasteiger partial charge is 0.238 e. The molecule has 0 saturated carbocycles. The van der Waals surface area contributed by atoms with Gasteiger partial charge in [0, 0.05) is 11.6 Å². The van der Waals surface area contributed by atoms with Crippen molar-refractivity contribution in [3.05, 3.63) is 29.1 Å². The second-order valence-electron chi connectivity index (χ2n) is 5.19. The van der Waals surface area contributed by atoms with E-state index in [9.17, 15) is 14.0 Å². The third-order valence-electron chi connectivity index (χ3n) is 3.17. The number of likely N-dealkylation sites (N-methyl/N-ethyl adjacent to an activating group) is 1. The maximum Gasteiger partial charge on any atom is 0.238 e. The van der Waals surface area contributed by atoms with Gasteiger partial charge in [0.25, 0.3) is 0 Å². The summed E-state index contributed by atoms with van der Waals surface area (Å²) in [6.07, 6.45) is 1.87. The zero-order valence-corrected chi connectivity index (χ0v) is 11.1. The zero-order chi connectivity index (χ0) is 14.0. The number of hydrogen-bond acceptors (Lipinski definition) is 3. The van der Waals surface area contributed by atoms with Gasteiger partial charge in [-0.2, -0.15) is 0 Å². The van der Waals surface area contributed by atoms with Crippen molar-refractivity contribution in [3.63, 3.8) is 0 Å². The molecule has 0 heterocycles. The fraction of sp³-hybridized carbons (Fsp3) is 0.429. The van der Waals surface area contributed by atoms with Crippen LogP contribution in [0.4, 0.5) is 10.1 Å². The minimum absolute atomic E-state index is 0.141. The number of nitrogens with one attached hydrogen (secondary N) is 1. The van der Waals surface area contributed by atoms with Crippen LogP contribution in [-0.4, -0.2) is 37.7 Å². The fourth-order valence-corrected chi connectivity index (χ4v) is 2.38. The van der Waals surface area contributed by atoms with Crippen molar-refractivity contribution in [3.8, 4) is 0 Å². The average molecular weight is 264 g/mol. The molecular weight excluding hydrogens is 247 g/mol. The number of fused-ring (bicyclic) bond motifs is 1. The minimum atomic E-state index is -0.345. The highest BCUT2D eigenvalue weighted by Crippen LogP contribution is 2.30. The number of carbonyl (C=O) groups is 2. The van der Waals surface area contributed by atoms with Crippen LogP contribution in [0.2, 0.25) is 0 Å². The molecule has 1 aliphatic rings. The SMILES string of the molecule is CN(C)CC(=O)Nc1cc(F)c2c(c1)CC(C=O)C2. The number of hydrogen-bond donors (Lipinski definition) is 1. The second kappa shape index (κ2) is 5.48. The topological polar surface area (TPSA) is 49.4 Å². The molecule has 1 aromatic carbocycles. The molecular formula is C14H17FN2O2. The molecule has 0 radical (unpaired) electrons. The lowest BCUT2D eigenvalue weighted by molar-refractivity contribution is -0.116. The van der Waals surface area contributed by atoms with Crippen molar-refractivity contribution >= 4 is 17.9 Å². The standard InChI is InChI=1S/C14H17FN2O2/c1-17(2)7-14(19)16-11-5-10-3-9(8-18)4-12(10)13(15)6-11/h5-6,8-9H,3-4,7H2,1-2H3,(H,16,19). The Hall–Kier alpha value is -1.75. The number of nitrogens with zero attached hydrogens (tertiary/aromatic N) is 1. The van der Waals surface area contributed by atoms with Crippen LogP contribution in [0.5, 0.6) is 0 Å². The Labute approximate surface area is 111 Å². The van der Waals surface area contributed by atoms with Gasteiger partial charge >= 0.3 is 0 Å². The minimum Gasteiger partial charge on any atom is -0.325 e. The Morgan fingerprint density at radius 1 is 1.47 bits per heavy atom. The molecule has 1 unspecified atom stereocenters. The van der Waals surface area contributed by atoms with Gasteiger partial charge in [0.05, 0.1) is 6.54 Å². The summed E-state index contributed by atoms with van der Waals surface area (Å²) < 4.78 is 13.9. The van der Waals surface area contributed by atoms with Gasteiger partial charge in [0.1, 0.15) is 12.1 Å². The summed E-state index contributed by atoms with van der Waals surface area (Å²) in [6, 6.07) is 3.08. The molecule has 19 heavy (non-hydrogen) atoms. The van der Waals surface area contributed by atoms with E-state index in [0.717, 1.165) is 11.8 Å². The number of amides is 1. The Morgan fingerprint density at radius 3 is 2.84 bits per heavy atom. The molecule has 0 saturated heterocycles. The van der Waals surface area contributed by atoms with Crippen molar-refractivity contribution in [2.75, 3.05) is 26.0 Å². The lowest BCUT2D eigenvalue weighted by atomic mass is 10.1. The highest BCUT2D eigenvalue weighted by Gasteiger charge is 2.24. The van der Waals surface area contributed by atoms with Gasteiger partial charge in [-0.25, -0.2) is 4.39 Å². The van der Waals surface area contributed by atoms with Crippen LogP contribution in [0, 0.1) is 11.7 Å². The number of aldehydes is 1. The van der Waals surface area contributed by atoms with Gasteiger partial charge in [-0.05, 0) is 50.2 Å². The molecule has 5 heteroatoms. The molecule has 102 valence electrons. The third kappa shape index (κ3) is 3.17. The van der Waals surface area contributed by atoms with Gasteiger partial charge < -0.3 is 15.0 Å². The highest BCUT2D eigenvalue weighted by molar-refractivity contribution is 5.92. The van der Waals surface area contributed by atoms with E-state index in [1.165, 1.54) is 6.07 Å². The van der Waals surface area contributed by atoms with Crippen LogP contribution in [0.3, 0.4) is 0 Å². The molecule has 0 spiro atoms. The molecule has 1 N–H and O–H groups in total. The highest BCUT2D eigenvalue weighted by atomic mass is 19.1. The number of benzene rings is 1. The quantitative estimate of drug-likeness (QED) is 0.832. The first-order valence-electron chi connectivity index (χ1n) is 6.20. The van der Waals surface area contributed by atoms with Gasteiger partial charge in [0.2, 0.25) is 5.91 Å². The lowest BCUT2D eigenvalue weighted by Gasteiger charge is -2.11. The van der Waals surface area contributed by atoms with Crippen molar-refractivity contribution in [2.45, 2.75) is 12.8 Å². The predicted octanol–water partition coefficient (Wildman–Crippen LogP) is 1.24. The molecule has 1 atom stereocenters. The first kappa shape index (κ1) is 13.7. The number of halogens is 1. The molecule has 1 aromatic rings. The Morgan fingerprint density at radius 2 is 2.21 bits per heavy atom.